The van der Waals surface area contributed by atoms with Crippen LogP contribution < -0.4 is 0 Å². The van der Waals surface area contributed by atoms with Crippen LogP contribution in [0.3, 0.4) is 0 Å². The summed E-state index contributed by atoms with van der Waals surface area (Å²) in [6.07, 6.45) is 0. The summed E-state index contributed by atoms with van der Waals surface area (Å²) in [5, 5.41) is 16.4. The van der Waals surface area contributed by atoms with E-state index in [2.05, 4.69) is 4.52 Å². The summed E-state index contributed by atoms with van der Waals surface area (Å²) in [5.74, 6) is -2.78. The molecule has 6 nitrogen and oxygen atoms in total. The van der Waals surface area contributed by atoms with E-state index in [4.69, 9.17) is 20.0 Å². The lowest BCUT2D eigenvalue weighted by Gasteiger charge is -2.15. The zero-order valence-corrected chi connectivity index (χ0v) is 5.45. The summed E-state index contributed by atoms with van der Waals surface area (Å²) >= 11 is 0. The highest BCUT2D eigenvalue weighted by molar-refractivity contribution is 7.46. The third-order valence-electron chi connectivity index (χ3n) is 0.292. The van der Waals surface area contributed by atoms with E-state index < -0.39 is 13.8 Å². The average Bonchev–Trinajstić information content (AvgIpc) is 1.14. The molecule has 0 aliphatic carbocycles. The second-order valence-corrected chi connectivity index (χ2v) is 2.68. The minimum Gasteiger partial charge on any atom is -0.343 e. The molecule has 4 N–H and O–H groups in total. The van der Waals surface area contributed by atoms with Gasteiger partial charge in [0.25, 0.3) is 5.97 Å². The van der Waals surface area contributed by atoms with E-state index in [1.54, 1.807) is 0 Å². The summed E-state index contributed by atoms with van der Waals surface area (Å²) < 4.78 is 13.2. The van der Waals surface area contributed by atoms with Crippen molar-refractivity contribution >= 4 is 7.82 Å². The highest BCUT2D eigenvalue weighted by Crippen LogP contribution is 2.39. The van der Waals surface area contributed by atoms with Crippen molar-refractivity contribution in [3.8, 4) is 0 Å². The number of phosphoric acid groups is 1. The summed E-state index contributed by atoms with van der Waals surface area (Å²) in [6.45, 7) is 0.687. The van der Waals surface area contributed by atoms with Gasteiger partial charge in [0, 0.05) is 6.92 Å². The normalized spacial score (nSPS) is 13.9. The van der Waals surface area contributed by atoms with Crippen LogP contribution in [0.15, 0.2) is 0 Å². The maximum atomic E-state index is 9.80. The Hall–Kier alpha value is 0.0300. The molecular weight excluding hydrogens is 151 g/mol. The summed E-state index contributed by atoms with van der Waals surface area (Å²) in [5.41, 5.74) is 0. The van der Waals surface area contributed by atoms with Gasteiger partial charge in [-0.05, 0) is 0 Å². The van der Waals surface area contributed by atoms with Gasteiger partial charge in [-0.25, -0.2) is 9.09 Å². The summed E-state index contributed by atoms with van der Waals surface area (Å²) in [4.78, 5) is 15.8. The van der Waals surface area contributed by atoms with Crippen molar-refractivity contribution in [2.45, 2.75) is 12.9 Å². The Kier molecular flexibility index (Phi) is 2.35. The van der Waals surface area contributed by atoms with Crippen LogP contribution in [0.5, 0.6) is 0 Å². The topological polar surface area (TPSA) is 107 Å². The highest BCUT2D eigenvalue weighted by atomic mass is 31.2. The van der Waals surface area contributed by atoms with Crippen LogP contribution in [-0.2, 0) is 9.09 Å². The van der Waals surface area contributed by atoms with Gasteiger partial charge in [-0.2, -0.15) is 0 Å². The van der Waals surface area contributed by atoms with Gasteiger partial charge in [0.1, 0.15) is 0 Å². The van der Waals surface area contributed by atoms with Gasteiger partial charge in [-0.3, -0.25) is 0 Å². The minimum absolute atomic E-state index is 0.687. The van der Waals surface area contributed by atoms with Gasteiger partial charge < -0.3 is 20.0 Å². The zero-order chi connectivity index (χ0) is 7.71. The van der Waals surface area contributed by atoms with Crippen molar-refractivity contribution in [3.63, 3.8) is 0 Å². The molecule has 7 heteroatoms. The molecule has 9 heavy (non-hydrogen) atoms. The van der Waals surface area contributed by atoms with E-state index in [0.717, 1.165) is 0 Å². The highest BCUT2D eigenvalue weighted by Gasteiger charge is 2.28. The third-order valence-corrected chi connectivity index (χ3v) is 0.876. The van der Waals surface area contributed by atoms with E-state index in [-0.39, 0.29) is 0 Å². The SMILES string of the molecule is CC(O)(O)OP(=O)(O)O. The van der Waals surface area contributed by atoms with Crippen molar-refractivity contribution in [1.82, 2.24) is 0 Å². The molecule has 0 radical (unpaired) electrons. The second kappa shape index (κ2) is 2.34. The molecule has 0 rings (SSSR count). The first-order valence-corrected chi connectivity index (χ1v) is 3.45. The minimum atomic E-state index is -4.79. The number of rotatable bonds is 2. The van der Waals surface area contributed by atoms with Gasteiger partial charge in [-0.1, -0.05) is 0 Å². The van der Waals surface area contributed by atoms with Crippen LogP contribution in [0.4, 0.5) is 0 Å². The summed E-state index contributed by atoms with van der Waals surface area (Å²) in [6, 6.07) is 0. The maximum absolute atomic E-state index is 9.80. The molecule has 0 fully saturated rings. The lowest BCUT2D eigenvalue weighted by atomic mass is 10.7. The molecule has 0 bridgehead atoms. The zero-order valence-electron chi connectivity index (χ0n) is 4.55. The quantitative estimate of drug-likeness (QED) is 0.295. The Bertz CT molecular complexity index is 128. The van der Waals surface area contributed by atoms with Gasteiger partial charge in [0.15, 0.2) is 0 Å². The first-order chi connectivity index (χ1) is 3.71. The van der Waals surface area contributed by atoms with Crippen LogP contribution in [0, 0.1) is 0 Å². The fourth-order valence-corrected chi connectivity index (χ4v) is 0.676. The molecule has 0 saturated carbocycles. The smallest absolute Gasteiger partial charge is 0.343 e. The fraction of sp³-hybridized carbons (Fsp3) is 1.00. The molecule has 0 aliphatic heterocycles. The first kappa shape index (κ1) is 9.03. The molecular formula is C2H7O6P. The largest absolute Gasteiger partial charge is 0.473 e. The predicted octanol–water partition coefficient (Wildman–Crippen LogP) is -1.25. The van der Waals surface area contributed by atoms with Gasteiger partial charge in [-0.15, -0.1) is 0 Å². The van der Waals surface area contributed by atoms with Gasteiger partial charge >= 0.3 is 7.82 Å². The van der Waals surface area contributed by atoms with E-state index in [1.165, 1.54) is 0 Å². The maximum Gasteiger partial charge on any atom is 0.473 e. The number of phosphoric ester groups is 1. The van der Waals surface area contributed by atoms with Gasteiger partial charge in [0.05, 0.1) is 0 Å². The summed E-state index contributed by atoms with van der Waals surface area (Å²) in [7, 11) is -4.79. The lowest BCUT2D eigenvalue weighted by Crippen LogP contribution is -2.25. The van der Waals surface area contributed by atoms with Crippen LogP contribution in [0.1, 0.15) is 6.92 Å². The Morgan fingerprint density at radius 3 is 1.78 bits per heavy atom. The van der Waals surface area contributed by atoms with E-state index >= 15 is 0 Å². The van der Waals surface area contributed by atoms with Gasteiger partial charge in [0.2, 0.25) is 0 Å². The number of hydrogen-bond donors (Lipinski definition) is 4. The number of hydrogen-bond acceptors (Lipinski definition) is 4. The van der Waals surface area contributed by atoms with Crippen LogP contribution in [-0.4, -0.2) is 26.0 Å². The van der Waals surface area contributed by atoms with E-state index in [1.807, 2.05) is 0 Å². The monoisotopic (exact) mass is 158 g/mol. The molecule has 0 aromatic rings. The Labute approximate surface area is 50.9 Å². The van der Waals surface area contributed by atoms with E-state index in [0.29, 0.717) is 6.92 Å². The second-order valence-electron chi connectivity index (χ2n) is 1.52. The molecule has 0 amide bonds. The van der Waals surface area contributed by atoms with Crippen LogP contribution in [0.25, 0.3) is 0 Å². The van der Waals surface area contributed by atoms with Crippen molar-refractivity contribution in [2.75, 3.05) is 0 Å². The first-order valence-electron chi connectivity index (χ1n) is 1.92. The van der Waals surface area contributed by atoms with Crippen LogP contribution in [0.2, 0.25) is 0 Å². The van der Waals surface area contributed by atoms with Crippen LogP contribution >= 0.6 is 7.82 Å². The third kappa shape index (κ3) is 8.03. The van der Waals surface area contributed by atoms with Crippen molar-refractivity contribution in [2.24, 2.45) is 0 Å². The fourth-order valence-electron chi connectivity index (χ4n) is 0.225. The molecule has 0 saturated heterocycles. The predicted molar refractivity (Wildman–Crippen MR) is 26.0 cm³/mol. The molecule has 0 aromatic heterocycles. The molecule has 56 valence electrons. The average molecular weight is 158 g/mol. The lowest BCUT2D eigenvalue weighted by molar-refractivity contribution is -0.284. The molecule has 0 heterocycles. The molecule has 0 unspecified atom stereocenters. The van der Waals surface area contributed by atoms with Crippen molar-refractivity contribution < 1.29 is 29.1 Å². The Morgan fingerprint density at radius 2 is 1.78 bits per heavy atom. The Balaban J connectivity index is 3.90. The molecule has 0 aromatic carbocycles. The van der Waals surface area contributed by atoms with E-state index in [9.17, 15) is 4.57 Å². The molecule has 0 spiro atoms. The van der Waals surface area contributed by atoms with Crippen molar-refractivity contribution in [1.29, 1.82) is 0 Å². The number of aliphatic hydroxyl groups is 2. The van der Waals surface area contributed by atoms with Crippen molar-refractivity contribution in [3.05, 3.63) is 0 Å². The molecule has 0 atom stereocenters. The molecule has 0 aliphatic rings. The Morgan fingerprint density at radius 1 is 1.44 bits per heavy atom. The standard InChI is InChI=1S/C2H7O6P/c1-2(3,4)8-9(5,6)7/h3-4H,1H3,(H2,5,6,7).